The number of rotatable bonds is 5. The number of nitrogens with zero attached hydrogens (tertiary/aromatic N) is 2. The zero-order chi connectivity index (χ0) is 22.1. The molecule has 1 atom stereocenters. The fourth-order valence-electron chi connectivity index (χ4n) is 3.43. The van der Waals surface area contributed by atoms with Gasteiger partial charge in [-0.3, -0.25) is 14.4 Å². The lowest BCUT2D eigenvalue weighted by atomic mass is 10.1. The number of hydrogen-bond donors (Lipinski definition) is 1. The van der Waals surface area contributed by atoms with Crippen LogP contribution in [0.5, 0.6) is 0 Å². The number of carbonyl (C=O) groups is 3. The highest BCUT2D eigenvalue weighted by Gasteiger charge is 2.36. The first kappa shape index (κ1) is 20.8. The second-order valence-corrected chi connectivity index (χ2v) is 8.11. The van der Waals surface area contributed by atoms with E-state index in [4.69, 9.17) is 0 Å². The van der Waals surface area contributed by atoms with Crippen molar-refractivity contribution in [2.75, 3.05) is 16.8 Å². The lowest BCUT2D eigenvalue weighted by molar-refractivity contribution is -0.122. The Labute approximate surface area is 180 Å². The highest BCUT2D eigenvalue weighted by molar-refractivity contribution is 7.18. The van der Waals surface area contributed by atoms with Crippen LogP contribution >= 0.6 is 11.3 Å². The number of ketones is 1. The number of Topliss-reactive ketones (excluding diaryl/α,β-unsaturated/α-hetero) is 1. The molecule has 0 aliphatic carbocycles. The summed E-state index contributed by atoms with van der Waals surface area (Å²) in [4.78, 5) is 43.1. The maximum Gasteiger partial charge on any atom is 0.231 e. The number of aromatic nitrogens is 1. The van der Waals surface area contributed by atoms with Crippen molar-refractivity contribution >= 4 is 39.8 Å². The van der Waals surface area contributed by atoms with Crippen LogP contribution in [-0.2, 0) is 9.59 Å². The van der Waals surface area contributed by atoms with Gasteiger partial charge in [-0.15, -0.1) is 0 Å². The molecule has 4 rings (SSSR count). The molecule has 0 radical (unpaired) electrons. The van der Waals surface area contributed by atoms with E-state index in [0.29, 0.717) is 16.6 Å². The van der Waals surface area contributed by atoms with E-state index in [1.807, 2.05) is 30.3 Å². The zero-order valence-electron chi connectivity index (χ0n) is 16.4. The van der Waals surface area contributed by atoms with Gasteiger partial charge in [-0.25, -0.2) is 13.8 Å². The Morgan fingerprint density at radius 1 is 1.16 bits per heavy atom. The highest BCUT2D eigenvalue weighted by Crippen LogP contribution is 2.33. The Hall–Kier alpha value is -3.46. The van der Waals surface area contributed by atoms with Crippen LogP contribution in [-0.4, -0.2) is 29.1 Å². The standard InChI is InChI=1S/C22H17F2N3O3S/c1-12(28)20-19(13-5-3-2-4-6-13)25-22(31-20)26-21(30)14-9-18(29)27(11-14)17-8-7-15(23)10-16(17)24/h2-8,10,14H,9,11H2,1H3,(H,25,26,30). The molecule has 0 bridgehead atoms. The summed E-state index contributed by atoms with van der Waals surface area (Å²) in [5, 5.41) is 2.91. The first-order chi connectivity index (χ1) is 14.8. The minimum atomic E-state index is -0.868. The van der Waals surface area contributed by atoms with E-state index in [1.54, 1.807) is 0 Å². The summed E-state index contributed by atoms with van der Waals surface area (Å²) in [5.41, 5.74) is 1.16. The molecule has 1 unspecified atom stereocenters. The number of anilines is 2. The van der Waals surface area contributed by atoms with Gasteiger partial charge in [0.2, 0.25) is 11.8 Å². The Morgan fingerprint density at radius 3 is 2.58 bits per heavy atom. The van der Waals surface area contributed by atoms with Gasteiger partial charge in [-0.1, -0.05) is 41.7 Å². The average molecular weight is 441 g/mol. The van der Waals surface area contributed by atoms with E-state index in [2.05, 4.69) is 10.3 Å². The molecule has 2 amide bonds. The van der Waals surface area contributed by atoms with E-state index >= 15 is 0 Å². The van der Waals surface area contributed by atoms with Crippen LogP contribution in [0.25, 0.3) is 11.3 Å². The predicted octanol–water partition coefficient (Wildman–Crippen LogP) is 4.28. The summed E-state index contributed by atoms with van der Waals surface area (Å²) in [6.45, 7) is 1.39. The molecule has 6 nitrogen and oxygen atoms in total. The largest absolute Gasteiger partial charge is 0.309 e. The number of amides is 2. The number of carbonyl (C=O) groups excluding carboxylic acids is 3. The Kier molecular flexibility index (Phi) is 5.60. The fourth-order valence-corrected chi connectivity index (χ4v) is 4.31. The quantitative estimate of drug-likeness (QED) is 0.600. The van der Waals surface area contributed by atoms with Gasteiger partial charge in [-0.2, -0.15) is 0 Å². The number of hydrogen-bond acceptors (Lipinski definition) is 5. The van der Waals surface area contributed by atoms with E-state index in [1.165, 1.54) is 13.0 Å². The minimum absolute atomic E-state index is 0.0380. The second-order valence-electron chi connectivity index (χ2n) is 7.11. The van der Waals surface area contributed by atoms with Gasteiger partial charge in [0.15, 0.2) is 10.9 Å². The molecule has 158 valence electrons. The Bertz CT molecular complexity index is 1180. The smallest absolute Gasteiger partial charge is 0.231 e. The lowest BCUT2D eigenvalue weighted by Crippen LogP contribution is -2.28. The molecule has 1 N–H and O–H groups in total. The molecule has 1 aliphatic rings. The molecular formula is C22H17F2N3O3S. The van der Waals surface area contributed by atoms with Crippen molar-refractivity contribution in [1.29, 1.82) is 0 Å². The van der Waals surface area contributed by atoms with Crippen LogP contribution in [0.15, 0.2) is 48.5 Å². The van der Waals surface area contributed by atoms with Crippen molar-refractivity contribution in [2.24, 2.45) is 5.92 Å². The molecule has 1 fully saturated rings. The van der Waals surface area contributed by atoms with Gasteiger partial charge in [0.25, 0.3) is 0 Å². The molecule has 1 saturated heterocycles. The van der Waals surface area contributed by atoms with Gasteiger partial charge in [0.05, 0.1) is 22.2 Å². The molecule has 2 aromatic carbocycles. The highest BCUT2D eigenvalue weighted by atomic mass is 32.1. The van der Waals surface area contributed by atoms with E-state index in [0.717, 1.165) is 27.9 Å². The van der Waals surface area contributed by atoms with Gasteiger partial charge < -0.3 is 10.2 Å². The summed E-state index contributed by atoms with van der Waals surface area (Å²) in [5.74, 6) is -3.41. The maximum absolute atomic E-state index is 14.1. The van der Waals surface area contributed by atoms with Gasteiger partial charge in [0, 0.05) is 31.5 Å². The third-order valence-electron chi connectivity index (χ3n) is 4.92. The molecule has 9 heteroatoms. The lowest BCUT2D eigenvalue weighted by Gasteiger charge is -2.17. The predicted molar refractivity (Wildman–Crippen MR) is 113 cm³/mol. The van der Waals surface area contributed by atoms with Crippen LogP contribution in [0, 0.1) is 17.6 Å². The summed E-state index contributed by atoms with van der Waals surface area (Å²) in [6, 6.07) is 12.1. The Morgan fingerprint density at radius 2 is 1.90 bits per heavy atom. The minimum Gasteiger partial charge on any atom is -0.309 e. The first-order valence-corrected chi connectivity index (χ1v) is 10.3. The third kappa shape index (κ3) is 4.22. The molecule has 1 aromatic heterocycles. The number of benzene rings is 2. The molecule has 31 heavy (non-hydrogen) atoms. The summed E-state index contributed by atoms with van der Waals surface area (Å²) < 4.78 is 27.2. The summed E-state index contributed by atoms with van der Waals surface area (Å²) >= 11 is 1.06. The Balaban J connectivity index is 1.52. The van der Waals surface area contributed by atoms with Crippen molar-refractivity contribution in [3.8, 4) is 11.3 Å². The van der Waals surface area contributed by atoms with E-state index < -0.39 is 29.4 Å². The average Bonchev–Trinajstić information content (AvgIpc) is 3.33. The van der Waals surface area contributed by atoms with Crippen LogP contribution in [0.1, 0.15) is 23.0 Å². The topological polar surface area (TPSA) is 79.4 Å². The summed E-state index contributed by atoms with van der Waals surface area (Å²) in [6.07, 6.45) is -0.112. The van der Waals surface area contributed by atoms with Crippen molar-refractivity contribution in [1.82, 2.24) is 4.98 Å². The first-order valence-electron chi connectivity index (χ1n) is 9.47. The molecule has 2 heterocycles. The van der Waals surface area contributed by atoms with Gasteiger partial charge in [0.1, 0.15) is 11.6 Å². The monoisotopic (exact) mass is 441 g/mol. The molecule has 0 saturated carbocycles. The number of thiazole rings is 1. The normalized spacial score (nSPS) is 15.9. The molecule has 0 spiro atoms. The maximum atomic E-state index is 14.1. The van der Waals surface area contributed by atoms with E-state index in [9.17, 15) is 23.2 Å². The van der Waals surface area contributed by atoms with Crippen molar-refractivity contribution < 1.29 is 23.2 Å². The second kappa shape index (κ2) is 8.35. The van der Waals surface area contributed by atoms with Crippen LogP contribution in [0.3, 0.4) is 0 Å². The van der Waals surface area contributed by atoms with Crippen LogP contribution in [0.2, 0.25) is 0 Å². The van der Waals surface area contributed by atoms with Crippen molar-refractivity contribution in [3.63, 3.8) is 0 Å². The van der Waals surface area contributed by atoms with Crippen molar-refractivity contribution in [2.45, 2.75) is 13.3 Å². The third-order valence-corrected chi connectivity index (χ3v) is 5.99. The number of halogens is 2. The molecule has 1 aliphatic heterocycles. The fraction of sp³-hybridized carbons (Fsp3) is 0.182. The van der Waals surface area contributed by atoms with Gasteiger partial charge in [-0.05, 0) is 12.1 Å². The molecule has 3 aromatic rings. The van der Waals surface area contributed by atoms with Gasteiger partial charge >= 0.3 is 0 Å². The van der Waals surface area contributed by atoms with Crippen molar-refractivity contribution in [3.05, 3.63) is 65.0 Å². The SMILES string of the molecule is CC(=O)c1sc(NC(=O)C2CC(=O)N(c3ccc(F)cc3F)C2)nc1-c1ccccc1. The van der Waals surface area contributed by atoms with E-state index in [-0.39, 0.29) is 29.6 Å². The zero-order valence-corrected chi connectivity index (χ0v) is 17.2. The van der Waals surface area contributed by atoms with Crippen LogP contribution in [0.4, 0.5) is 19.6 Å². The summed E-state index contributed by atoms with van der Waals surface area (Å²) in [7, 11) is 0. The molecular weight excluding hydrogens is 424 g/mol. The number of nitrogens with one attached hydrogen (secondary N) is 1. The van der Waals surface area contributed by atoms with Crippen LogP contribution < -0.4 is 10.2 Å².